The normalized spacial score (nSPS) is 18.4. The Morgan fingerprint density at radius 1 is 1.37 bits per heavy atom. The molecule has 2 aliphatic heterocycles. The molecule has 1 amide bonds. The molecule has 3 rings (SSSR count). The quantitative estimate of drug-likeness (QED) is 0.902. The van der Waals surface area contributed by atoms with Gasteiger partial charge >= 0.3 is 0 Å². The minimum atomic E-state index is 0. The van der Waals surface area contributed by atoms with Crippen molar-refractivity contribution in [3.8, 4) is 0 Å². The molecule has 1 aromatic rings. The average molecular weight is 279 g/mol. The van der Waals surface area contributed by atoms with Crippen LogP contribution in [0.1, 0.15) is 24.5 Å². The summed E-state index contributed by atoms with van der Waals surface area (Å²) in [4.78, 5) is 13.9. The SMILES string of the molecule is CCN1CC=C(c2cccc3c2CC(=O)N3)CC1.Cl. The van der Waals surface area contributed by atoms with Gasteiger partial charge in [-0.15, -0.1) is 12.4 Å². The molecule has 1 N–H and O–H groups in total. The van der Waals surface area contributed by atoms with Gasteiger partial charge in [0.2, 0.25) is 5.91 Å². The van der Waals surface area contributed by atoms with Crippen LogP contribution in [0, 0.1) is 0 Å². The Hall–Kier alpha value is -1.32. The lowest BCUT2D eigenvalue weighted by atomic mass is 9.93. The number of carbonyl (C=O) groups is 1. The number of amides is 1. The number of fused-ring (bicyclic) bond motifs is 1. The third kappa shape index (κ3) is 2.67. The molecule has 0 bridgehead atoms. The lowest BCUT2D eigenvalue weighted by Gasteiger charge is -2.25. The van der Waals surface area contributed by atoms with Crippen LogP contribution in [0.4, 0.5) is 5.69 Å². The maximum absolute atomic E-state index is 11.5. The number of nitrogens with zero attached hydrogens (tertiary/aromatic N) is 1. The summed E-state index contributed by atoms with van der Waals surface area (Å²) in [6, 6.07) is 6.17. The zero-order chi connectivity index (χ0) is 12.5. The lowest BCUT2D eigenvalue weighted by Crippen LogP contribution is -2.28. The summed E-state index contributed by atoms with van der Waals surface area (Å²) < 4.78 is 0. The van der Waals surface area contributed by atoms with Gasteiger partial charge < -0.3 is 5.32 Å². The lowest BCUT2D eigenvalue weighted by molar-refractivity contribution is -0.115. The molecular weight excluding hydrogens is 260 g/mol. The molecule has 0 saturated heterocycles. The molecule has 0 fully saturated rings. The topological polar surface area (TPSA) is 32.3 Å². The number of halogens is 1. The van der Waals surface area contributed by atoms with E-state index in [4.69, 9.17) is 0 Å². The standard InChI is InChI=1S/C15H18N2O.ClH/c1-2-17-8-6-11(7-9-17)12-4-3-5-14-13(12)10-15(18)16-14;/h3-6H,2,7-10H2,1H3,(H,16,18);1H. The summed E-state index contributed by atoms with van der Waals surface area (Å²) in [6.07, 6.45) is 3.92. The Kier molecular flexibility index (Phi) is 4.27. The third-order valence-corrected chi connectivity index (χ3v) is 3.87. The molecule has 0 radical (unpaired) electrons. The fourth-order valence-corrected chi connectivity index (χ4v) is 2.79. The fraction of sp³-hybridized carbons (Fsp3) is 0.400. The van der Waals surface area contributed by atoms with Crippen molar-refractivity contribution >= 4 is 29.6 Å². The molecule has 0 aliphatic carbocycles. The van der Waals surface area contributed by atoms with E-state index in [-0.39, 0.29) is 18.3 Å². The van der Waals surface area contributed by atoms with Crippen LogP contribution in [0.3, 0.4) is 0 Å². The monoisotopic (exact) mass is 278 g/mol. The molecule has 1 aromatic carbocycles. The van der Waals surface area contributed by atoms with E-state index in [1.807, 2.05) is 12.1 Å². The highest BCUT2D eigenvalue weighted by Gasteiger charge is 2.22. The number of anilines is 1. The maximum Gasteiger partial charge on any atom is 0.228 e. The predicted octanol–water partition coefficient (Wildman–Crippen LogP) is 2.71. The van der Waals surface area contributed by atoms with E-state index in [0.717, 1.165) is 31.7 Å². The van der Waals surface area contributed by atoms with Gasteiger partial charge in [-0.05, 0) is 35.7 Å². The number of carbonyl (C=O) groups excluding carboxylic acids is 1. The van der Waals surface area contributed by atoms with Gasteiger partial charge in [0.25, 0.3) is 0 Å². The largest absolute Gasteiger partial charge is 0.326 e. The van der Waals surface area contributed by atoms with E-state index in [2.05, 4.69) is 29.3 Å². The Labute approximate surface area is 120 Å². The summed E-state index contributed by atoms with van der Waals surface area (Å²) >= 11 is 0. The first-order valence-corrected chi connectivity index (χ1v) is 6.61. The number of hydrogen-bond acceptors (Lipinski definition) is 2. The summed E-state index contributed by atoms with van der Waals surface area (Å²) in [7, 11) is 0. The van der Waals surface area contributed by atoms with Crippen molar-refractivity contribution in [3.05, 3.63) is 35.4 Å². The second-order valence-electron chi connectivity index (χ2n) is 4.93. The highest BCUT2D eigenvalue weighted by Crippen LogP contribution is 2.33. The van der Waals surface area contributed by atoms with Crippen molar-refractivity contribution < 1.29 is 4.79 Å². The van der Waals surface area contributed by atoms with E-state index in [9.17, 15) is 4.79 Å². The van der Waals surface area contributed by atoms with E-state index in [0.29, 0.717) is 6.42 Å². The highest BCUT2D eigenvalue weighted by atomic mass is 35.5. The second-order valence-corrected chi connectivity index (χ2v) is 4.93. The zero-order valence-corrected chi connectivity index (χ0v) is 11.9. The van der Waals surface area contributed by atoms with E-state index < -0.39 is 0 Å². The zero-order valence-electron chi connectivity index (χ0n) is 11.1. The van der Waals surface area contributed by atoms with Crippen molar-refractivity contribution in [2.24, 2.45) is 0 Å². The first-order valence-electron chi connectivity index (χ1n) is 6.61. The van der Waals surface area contributed by atoms with Gasteiger partial charge in [0.1, 0.15) is 0 Å². The van der Waals surface area contributed by atoms with Crippen LogP contribution in [0.25, 0.3) is 5.57 Å². The molecule has 3 nitrogen and oxygen atoms in total. The number of benzene rings is 1. The summed E-state index contributed by atoms with van der Waals surface area (Å²) in [5.41, 5.74) is 4.84. The minimum absolute atomic E-state index is 0. The van der Waals surface area contributed by atoms with E-state index in [1.165, 1.54) is 16.7 Å². The number of nitrogens with one attached hydrogen (secondary N) is 1. The number of hydrogen-bond donors (Lipinski definition) is 1. The first-order chi connectivity index (χ1) is 8.78. The number of rotatable bonds is 2. The summed E-state index contributed by atoms with van der Waals surface area (Å²) in [5, 5.41) is 2.92. The fourth-order valence-electron chi connectivity index (χ4n) is 2.79. The van der Waals surface area contributed by atoms with Crippen LogP contribution in [-0.2, 0) is 11.2 Å². The smallest absolute Gasteiger partial charge is 0.228 e. The molecule has 2 heterocycles. The van der Waals surface area contributed by atoms with Crippen LogP contribution in [0.15, 0.2) is 24.3 Å². The van der Waals surface area contributed by atoms with Crippen molar-refractivity contribution in [1.82, 2.24) is 4.90 Å². The van der Waals surface area contributed by atoms with Crippen LogP contribution in [0.5, 0.6) is 0 Å². The third-order valence-electron chi connectivity index (χ3n) is 3.87. The minimum Gasteiger partial charge on any atom is -0.326 e. The molecule has 19 heavy (non-hydrogen) atoms. The maximum atomic E-state index is 11.5. The molecule has 0 atom stereocenters. The van der Waals surface area contributed by atoms with Gasteiger partial charge in [-0.1, -0.05) is 25.1 Å². The van der Waals surface area contributed by atoms with Gasteiger partial charge in [-0.3, -0.25) is 9.69 Å². The van der Waals surface area contributed by atoms with E-state index in [1.54, 1.807) is 0 Å². The van der Waals surface area contributed by atoms with Crippen molar-refractivity contribution in [1.29, 1.82) is 0 Å². The van der Waals surface area contributed by atoms with Crippen LogP contribution in [0.2, 0.25) is 0 Å². The van der Waals surface area contributed by atoms with Crippen molar-refractivity contribution in [2.45, 2.75) is 19.8 Å². The van der Waals surface area contributed by atoms with Gasteiger partial charge in [-0.25, -0.2) is 0 Å². The van der Waals surface area contributed by atoms with Crippen molar-refractivity contribution in [3.63, 3.8) is 0 Å². The Bertz CT molecular complexity index is 525. The molecular formula is C15H19ClN2O. The Morgan fingerprint density at radius 2 is 2.21 bits per heavy atom. The van der Waals surface area contributed by atoms with Crippen LogP contribution in [-0.4, -0.2) is 30.4 Å². The van der Waals surface area contributed by atoms with Gasteiger partial charge in [0, 0.05) is 18.8 Å². The molecule has 0 aromatic heterocycles. The average Bonchev–Trinajstić information content (AvgIpc) is 2.79. The summed E-state index contributed by atoms with van der Waals surface area (Å²) in [5.74, 6) is 0.115. The summed E-state index contributed by atoms with van der Waals surface area (Å²) in [6.45, 7) is 5.45. The molecule has 2 aliphatic rings. The van der Waals surface area contributed by atoms with Crippen LogP contribution >= 0.6 is 12.4 Å². The van der Waals surface area contributed by atoms with Gasteiger partial charge in [-0.2, -0.15) is 0 Å². The van der Waals surface area contributed by atoms with Crippen molar-refractivity contribution in [2.75, 3.05) is 25.0 Å². The molecule has 0 spiro atoms. The molecule has 4 heteroatoms. The Morgan fingerprint density at radius 3 is 2.89 bits per heavy atom. The number of likely N-dealkylation sites (N-methyl/N-ethyl adjacent to an activating group) is 1. The van der Waals surface area contributed by atoms with Gasteiger partial charge in [0.15, 0.2) is 0 Å². The molecule has 102 valence electrons. The van der Waals surface area contributed by atoms with Gasteiger partial charge in [0.05, 0.1) is 6.42 Å². The first kappa shape index (κ1) is 14.1. The second kappa shape index (κ2) is 5.76. The predicted molar refractivity (Wildman–Crippen MR) is 80.7 cm³/mol. The molecule has 0 unspecified atom stereocenters. The van der Waals surface area contributed by atoms with E-state index >= 15 is 0 Å². The molecule has 0 saturated carbocycles. The highest BCUT2D eigenvalue weighted by molar-refractivity contribution is 6.01. The Balaban J connectivity index is 0.00000133. The van der Waals surface area contributed by atoms with Crippen LogP contribution < -0.4 is 5.32 Å².